The zero-order valence-electron chi connectivity index (χ0n) is 9.01. The minimum absolute atomic E-state index is 0.272. The van der Waals surface area contributed by atoms with Crippen LogP contribution in [-0.2, 0) is 6.54 Å². The minimum atomic E-state index is -0.927. The molecule has 1 aromatic carbocycles. The van der Waals surface area contributed by atoms with Gasteiger partial charge in [-0.1, -0.05) is 6.07 Å². The Morgan fingerprint density at radius 1 is 1.41 bits per heavy atom. The van der Waals surface area contributed by atoms with E-state index in [1.54, 1.807) is 29.5 Å². The van der Waals surface area contributed by atoms with Gasteiger partial charge < -0.3 is 16.2 Å². The van der Waals surface area contributed by atoms with Crippen LogP contribution in [0.1, 0.15) is 15.2 Å². The van der Waals surface area contributed by atoms with Crippen LogP contribution in [0, 0.1) is 0 Å². The topological polar surface area (TPSA) is 75.3 Å². The number of carboxylic acids is 1. The molecule has 0 fully saturated rings. The third kappa shape index (κ3) is 2.76. The summed E-state index contributed by atoms with van der Waals surface area (Å²) in [6.45, 7) is 0.604. The molecule has 0 bridgehead atoms. The van der Waals surface area contributed by atoms with E-state index in [-0.39, 0.29) is 5.56 Å². The third-order valence-electron chi connectivity index (χ3n) is 2.34. The normalized spacial score (nSPS) is 10.1. The third-order valence-corrected chi connectivity index (χ3v) is 3.28. The Balaban J connectivity index is 2.07. The zero-order valence-corrected chi connectivity index (χ0v) is 9.83. The molecule has 88 valence electrons. The predicted octanol–water partition coefficient (Wildman–Crippen LogP) is 2.64. The summed E-state index contributed by atoms with van der Waals surface area (Å²) >= 11 is 1.58. The highest BCUT2D eigenvalue weighted by molar-refractivity contribution is 7.10. The number of benzene rings is 1. The fourth-order valence-electron chi connectivity index (χ4n) is 1.44. The van der Waals surface area contributed by atoms with Gasteiger partial charge in [-0.15, -0.1) is 11.3 Å². The second-order valence-electron chi connectivity index (χ2n) is 3.54. The standard InChI is InChI=1S/C12H12N2O2S/c13-10-4-5-17-11(10)7-14-9-3-1-2-8(6-9)12(15)16/h1-6,14H,7,13H2,(H,15,16). The average molecular weight is 248 g/mol. The molecule has 5 heteroatoms. The lowest BCUT2D eigenvalue weighted by atomic mass is 10.2. The van der Waals surface area contributed by atoms with Gasteiger partial charge in [-0.25, -0.2) is 4.79 Å². The van der Waals surface area contributed by atoms with Crippen molar-refractivity contribution in [2.75, 3.05) is 11.1 Å². The van der Waals surface area contributed by atoms with Crippen molar-refractivity contribution in [2.45, 2.75) is 6.54 Å². The number of thiophene rings is 1. The van der Waals surface area contributed by atoms with E-state index in [0.29, 0.717) is 6.54 Å². The van der Waals surface area contributed by atoms with E-state index in [9.17, 15) is 4.79 Å². The first-order chi connectivity index (χ1) is 8.16. The minimum Gasteiger partial charge on any atom is -0.478 e. The Kier molecular flexibility index (Phi) is 3.30. The van der Waals surface area contributed by atoms with Crippen LogP contribution in [0.15, 0.2) is 35.7 Å². The van der Waals surface area contributed by atoms with Gasteiger partial charge in [-0.05, 0) is 29.6 Å². The number of nitrogens with two attached hydrogens (primary N) is 1. The van der Waals surface area contributed by atoms with E-state index in [4.69, 9.17) is 10.8 Å². The Labute approximate surface area is 103 Å². The van der Waals surface area contributed by atoms with Crippen LogP contribution >= 0.6 is 11.3 Å². The van der Waals surface area contributed by atoms with Crippen molar-refractivity contribution in [3.05, 3.63) is 46.2 Å². The first kappa shape index (κ1) is 11.5. The molecule has 0 spiro atoms. The van der Waals surface area contributed by atoms with Gasteiger partial charge in [0.15, 0.2) is 0 Å². The molecule has 0 aliphatic rings. The molecule has 0 aliphatic carbocycles. The van der Waals surface area contributed by atoms with Crippen molar-refractivity contribution in [3.8, 4) is 0 Å². The SMILES string of the molecule is Nc1ccsc1CNc1cccc(C(=O)O)c1. The Hall–Kier alpha value is -2.01. The number of carbonyl (C=O) groups is 1. The monoisotopic (exact) mass is 248 g/mol. The van der Waals surface area contributed by atoms with E-state index in [1.165, 1.54) is 0 Å². The summed E-state index contributed by atoms with van der Waals surface area (Å²) in [7, 11) is 0. The van der Waals surface area contributed by atoms with Crippen molar-refractivity contribution < 1.29 is 9.90 Å². The highest BCUT2D eigenvalue weighted by Crippen LogP contribution is 2.20. The number of hydrogen-bond acceptors (Lipinski definition) is 4. The van der Waals surface area contributed by atoms with E-state index in [1.807, 2.05) is 17.5 Å². The molecule has 2 rings (SSSR count). The molecule has 1 aromatic heterocycles. The molecule has 0 radical (unpaired) electrons. The fraction of sp³-hybridized carbons (Fsp3) is 0.0833. The van der Waals surface area contributed by atoms with Gasteiger partial charge in [0.2, 0.25) is 0 Å². The van der Waals surface area contributed by atoms with Crippen molar-refractivity contribution in [1.29, 1.82) is 0 Å². The van der Waals surface area contributed by atoms with E-state index in [2.05, 4.69) is 5.32 Å². The lowest BCUT2D eigenvalue weighted by molar-refractivity contribution is 0.0697. The fourth-order valence-corrected chi connectivity index (χ4v) is 2.18. The summed E-state index contributed by atoms with van der Waals surface area (Å²) < 4.78 is 0. The largest absolute Gasteiger partial charge is 0.478 e. The number of hydrogen-bond donors (Lipinski definition) is 3. The first-order valence-electron chi connectivity index (χ1n) is 5.06. The Morgan fingerprint density at radius 3 is 2.88 bits per heavy atom. The van der Waals surface area contributed by atoms with Crippen LogP contribution in [-0.4, -0.2) is 11.1 Å². The maximum atomic E-state index is 10.8. The van der Waals surface area contributed by atoms with Crippen LogP contribution in [0.5, 0.6) is 0 Å². The van der Waals surface area contributed by atoms with Gasteiger partial charge in [-0.3, -0.25) is 0 Å². The zero-order chi connectivity index (χ0) is 12.3. The highest BCUT2D eigenvalue weighted by Gasteiger charge is 2.04. The quantitative estimate of drug-likeness (QED) is 0.777. The molecule has 1 heterocycles. The molecule has 4 nitrogen and oxygen atoms in total. The van der Waals surface area contributed by atoms with Crippen LogP contribution < -0.4 is 11.1 Å². The Bertz CT molecular complexity index is 537. The van der Waals surface area contributed by atoms with Crippen molar-refractivity contribution in [1.82, 2.24) is 0 Å². The maximum absolute atomic E-state index is 10.8. The first-order valence-corrected chi connectivity index (χ1v) is 5.94. The Morgan fingerprint density at radius 2 is 2.24 bits per heavy atom. The molecular formula is C12H12N2O2S. The second kappa shape index (κ2) is 4.88. The van der Waals surface area contributed by atoms with Crippen molar-refractivity contribution in [2.24, 2.45) is 0 Å². The molecular weight excluding hydrogens is 236 g/mol. The number of anilines is 2. The van der Waals surface area contributed by atoms with Gasteiger partial charge in [0.05, 0.1) is 12.1 Å². The predicted molar refractivity (Wildman–Crippen MR) is 69.5 cm³/mol. The van der Waals surface area contributed by atoms with E-state index < -0.39 is 5.97 Å². The number of nitrogens with one attached hydrogen (secondary N) is 1. The van der Waals surface area contributed by atoms with Gasteiger partial charge in [0, 0.05) is 16.3 Å². The molecule has 2 aromatic rings. The number of rotatable bonds is 4. The molecule has 0 amide bonds. The van der Waals surface area contributed by atoms with E-state index in [0.717, 1.165) is 16.3 Å². The van der Waals surface area contributed by atoms with Gasteiger partial charge in [-0.2, -0.15) is 0 Å². The summed E-state index contributed by atoms with van der Waals surface area (Å²) in [5, 5.41) is 13.9. The number of nitrogen functional groups attached to an aromatic ring is 1. The van der Waals surface area contributed by atoms with Crippen molar-refractivity contribution in [3.63, 3.8) is 0 Å². The average Bonchev–Trinajstić information content (AvgIpc) is 2.72. The molecule has 0 saturated heterocycles. The molecule has 0 unspecified atom stereocenters. The lowest BCUT2D eigenvalue weighted by Gasteiger charge is -2.06. The van der Waals surface area contributed by atoms with Crippen LogP contribution in [0.2, 0.25) is 0 Å². The summed E-state index contributed by atoms with van der Waals surface area (Å²) in [5.74, 6) is -0.927. The smallest absolute Gasteiger partial charge is 0.335 e. The highest BCUT2D eigenvalue weighted by atomic mass is 32.1. The summed E-state index contributed by atoms with van der Waals surface area (Å²) in [5.41, 5.74) is 7.57. The van der Waals surface area contributed by atoms with Crippen LogP contribution in [0.4, 0.5) is 11.4 Å². The van der Waals surface area contributed by atoms with Crippen LogP contribution in [0.25, 0.3) is 0 Å². The van der Waals surface area contributed by atoms with Crippen LogP contribution in [0.3, 0.4) is 0 Å². The van der Waals surface area contributed by atoms with Crippen molar-refractivity contribution >= 4 is 28.7 Å². The molecule has 0 atom stereocenters. The van der Waals surface area contributed by atoms with Gasteiger partial charge in [0.25, 0.3) is 0 Å². The lowest BCUT2D eigenvalue weighted by Crippen LogP contribution is -2.02. The summed E-state index contributed by atoms with van der Waals surface area (Å²) in [6, 6.07) is 8.56. The summed E-state index contributed by atoms with van der Waals surface area (Å²) in [4.78, 5) is 11.8. The molecule has 0 aliphatic heterocycles. The molecule has 4 N–H and O–H groups in total. The molecule has 17 heavy (non-hydrogen) atoms. The number of aromatic carboxylic acids is 1. The summed E-state index contributed by atoms with van der Waals surface area (Å²) in [6.07, 6.45) is 0. The molecule has 0 saturated carbocycles. The maximum Gasteiger partial charge on any atom is 0.335 e. The second-order valence-corrected chi connectivity index (χ2v) is 4.54. The van der Waals surface area contributed by atoms with Gasteiger partial charge >= 0.3 is 5.97 Å². The number of carboxylic acid groups (broad SMARTS) is 1. The van der Waals surface area contributed by atoms with Gasteiger partial charge in [0.1, 0.15) is 0 Å². The van der Waals surface area contributed by atoms with E-state index >= 15 is 0 Å².